The maximum Gasteiger partial charge on any atom is 0.240 e. The average Bonchev–Trinajstić information content (AvgIpc) is 2.93. The molecule has 0 saturated heterocycles. The van der Waals surface area contributed by atoms with Crippen LogP contribution in [0.1, 0.15) is 31.2 Å². The molecular formula is C15H21BrN2O3. The molecule has 116 valence electrons. The Morgan fingerprint density at radius 3 is 2.43 bits per heavy atom. The molecule has 0 unspecified atom stereocenters. The Morgan fingerprint density at radius 1 is 1.29 bits per heavy atom. The zero-order valence-corrected chi connectivity index (χ0v) is 14.0. The Kier molecular flexibility index (Phi) is 5.11. The molecule has 1 amide bonds. The van der Waals surface area contributed by atoms with Gasteiger partial charge in [0.05, 0.1) is 19.8 Å². The first-order valence-corrected chi connectivity index (χ1v) is 7.77. The first-order valence-electron chi connectivity index (χ1n) is 6.98. The molecule has 0 bridgehead atoms. The van der Waals surface area contributed by atoms with Crippen molar-refractivity contribution >= 4 is 21.8 Å². The number of ether oxygens (including phenoxy) is 2. The van der Waals surface area contributed by atoms with E-state index in [-0.39, 0.29) is 5.91 Å². The standard InChI is InChI=1S/C15H21BrN2O3/c1-20-12-7-10(11(16)8-13(12)21-2)9-18-14(19)15(17)5-3-4-6-15/h7-8H,3-6,9,17H2,1-2H3,(H,18,19). The molecule has 21 heavy (non-hydrogen) atoms. The van der Waals surface area contributed by atoms with Crippen LogP contribution in [0.25, 0.3) is 0 Å². The van der Waals surface area contributed by atoms with E-state index >= 15 is 0 Å². The highest BCUT2D eigenvalue weighted by molar-refractivity contribution is 9.10. The van der Waals surface area contributed by atoms with Crippen LogP contribution in [-0.4, -0.2) is 25.7 Å². The minimum absolute atomic E-state index is 0.0818. The number of amides is 1. The summed E-state index contributed by atoms with van der Waals surface area (Å²) in [6.45, 7) is 0.402. The van der Waals surface area contributed by atoms with Crippen LogP contribution in [0.4, 0.5) is 0 Å². The number of nitrogens with one attached hydrogen (secondary N) is 1. The minimum atomic E-state index is -0.705. The predicted octanol–water partition coefficient (Wildman–Crippen LogP) is 2.35. The normalized spacial score (nSPS) is 16.6. The van der Waals surface area contributed by atoms with E-state index in [1.165, 1.54) is 0 Å². The minimum Gasteiger partial charge on any atom is -0.493 e. The fraction of sp³-hybridized carbons (Fsp3) is 0.533. The number of benzene rings is 1. The summed E-state index contributed by atoms with van der Waals surface area (Å²) >= 11 is 3.48. The molecule has 0 aliphatic heterocycles. The van der Waals surface area contributed by atoms with Gasteiger partial charge >= 0.3 is 0 Å². The molecule has 1 aromatic rings. The second-order valence-corrected chi connectivity index (χ2v) is 6.20. The van der Waals surface area contributed by atoms with Crippen molar-refractivity contribution in [2.24, 2.45) is 5.73 Å². The van der Waals surface area contributed by atoms with Gasteiger partial charge in [0.15, 0.2) is 11.5 Å². The van der Waals surface area contributed by atoms with Gasteiger partial charge in [-0.05, 0) is 30.5 Å². The fourth-order valence-corrected chi connectivity index (χ4v) is 3.08. The number of nitrogens with two attached hydrogens (primary N) is 1. The van der Waals surface area contributed by atoms with Crippen molar-refractivity contribution in [3.05, 3.63) is 22.2 Å². The van der Waals surface area contributed by atoms with Gasteiger partial charge in [-0.25, -0.2) is 0 Å². The van der Waals surface area contributed by atoms with Crippen LogP contribution in [0.2, 0.25) is 0 Å². The molecule has 3 N–H and O–H groups in total. The van der Waals surface area contributed by atoms with E-state index in [9.17, 15) is 4.79 Å². The molecule has 1 saturated carbocycles. The van der Waals surface area contributed by atoms with Crippen molar-refractivity contribution in [2.45, 2.75) is 37.8 Å². The van der Waals surface area contributed by atoms with Crippen molar-refractivity contribution in [1.82, 2.24) is 5.32 Å². The lowest BCUT2D eigenvalue weighted by atomic mass is 9.98. The molecule has 0 spiro atoms. The summed E-state index contributed by atoms with van der Waals surface area (Å²) in [5.74, 6) is 1.19. The van der Waals surface area contributed by atoms with Gasteiger partial charge in [-0.1, -0.05) is 28.8 Å². The molecule has 0 aromatic heterocycles. The number of halogens is 1. The molecular weight excluding hydrogens is 336 g/mol. The number of hydrogen-bond donors (Lipinski definition) is 2. The molecule has 6 heteroatoms. The first kappa shape index (κ1) is 16.1. The summed E-state index contributed by atoms with van der Waals surface area (Å²) in [6.07, 6.45) is 3.55. The van der Waals surface area contributed by atoms with Gasteiger partial charge in [0, 0.05) is 11.0 Å². The fourth-order valence-electron chi connectivity index (χ4n) is 2.62. The number of rotatable bonds is 5. The van der Waals surface area contributed by atoms with Crippen LogP contribution in [0, 0.1) is 0 Å². The Morgan fingerprint density at radius 2 is 1.86 bits per heavy atom. The summed E-state index contributed by atoms with van der Waals surface area (Å²) < 4.78 is 11.4. The van der Waals surface area contributed by atoms with Crippen LogP contribution in [0.3, 0.4) is 0 Å². The average molecular weight is 357 g/mol. The van der Waals surface area contributed by atoms with E-state index < -0.39 is 5.54 Å². The number of hydrogen-bond acceptors (Lipinski definition) is 4. The third-order valence-electron chi connectivity index (χ3n) is 3.94. The van der Waals surface area contributed by atoms with Gasteiger partial charge in [0.2, 0.25) is 5.91 Å². The summed E-state index contributed by atoms with van der Waals surface area (Å²) in [5, 5.41) is 2.92. The van der Waals surface area contributed by atoms with E-state index in [1.54, 1.807) is 14.2 Å². The van der Waals surface area contributed by atoms with Gasteiger partial charge in [-0.2, -0.15) is 0 Å². The van der Waals surface area contributed by atoms with Crippen molar-refractivity contribution in [3.8, 4) is 11.5 Å². The molecule has 1 aromatic carbocycles. The smallest absolute Gasteiger partial charge is 0.240 e. The summed E-state index contributed by atoms with van der Waals surface area (Å²) in [4.78, 5) is 12.2. The molecule has 0 radical (unpaired) electrons. The Balaban J connectivity index is 2.07. The highest BCUT2D eigenvalue weighted by Gasteiger charge is 2.36. The third kappa shape index (κ3) is 3.49. The van der Waals surface area contributed by atoms with E-state index in [4.69, 9.17) is 15.2 Å². The maximum absolute atomic E-state index is 12.2. The zero-order valence-electron chi connectivity index (χ0n) is 12.4. The van der Waals surface area contributed by atoms with Gasteiger partial charge in [0.1, 0.15) is 0 Å². The molecule has 2 rings (SSSR count). The molecule has 0 atom stereocenters. The SMILES string of the molecule is COc1cc(Br)c(CNC(=O)C2(N)CCCC2)cc1OC. The van der Waals surface area contributed by atoms with Crippen molar-refractivity contribution in [1.29, 1.82) is 0 Å². The van der Waals surface area contributed by atoms with Gasteiger partial charge in [0.25, 0.3) is 0 Å². The maximum atomic E-state index is 12.2. The summed E-state index contributed by atoms with van der Waals surface area (Å²) in [5.41, 5.74) is 6.35. The topological polar surface area (TPSA) is 73.6 Å². The van der Waals surface area contributed by atoms with Crippen LogP contribution < -0.4 is 20.5 Å². The van der Waals surface area contributed by atoms with Crippen LogP contribution >= 0.6 is 15.9 Å². The molecule has 5 nitrogen and oxygen atoms in total. The largest absolute Gasteiger partial charge is 0.493 e. The lowest BCUT2D eigenvalue weighted by Crippen LogP contribution is -2.51. The van der Waals surface area contributed by atoms with Gasteiger partial charge < -0.3 is 20.5 Å². The Bertz CT molecular complexity index is 528. The van der Waals surface area contributed by atoms with Crippen LogP contribution in [-0.2, 0) is 11.3 Å². The summed E-state index contributed by atoms with van der Waals surface area (Å²) in [6, 6.07) is 3.68. The highest BCUT2D eigenvalue weighted by atomic mass is 79.9. The van der Waals surface area contributed by atoms with Crippen LogP contribution in [0.15, 0.2) is 16.6 Å². The van der Waals surface area contributed by atoms with E-state index in [2.05, 4.69) is 21.2 Å². The molecule has 1 fully saturated rings. The Hall–Kier alpha value is -1.27. The molecule has 0 heterocycles. The van der Waals surface area contributed by atoms with Gasteiger partial charge in [-0.3, -0.25) is 4.79 Å². The molecule has 1 aliphatic rings. The van der Waals surface area contributed by atoms with Crippen molar-refractivity contribution in [2.75, 3.05) is 14.2 Å². The number of carbonyl (C=O) groups is 1. The quantitative estimate of drug-likeness (QED) is 0.849. The van der Waals surface area contributed by atoms with Crippen molar-refractivity contribution < 1.29 is 14.3 Å². The second-order valence-electron chi connectivity index (χ2n) is 5.34. The summed E-state index contributed by atoms with van der Waals surface area (Å²) in [7, 11) is 3.17. The zero-order chi connectivity index (χ0) is 15.5. The third-order valence-corrected chi connectivity index (χ3v) is 4.68. The predicted molar refractivity (Wildman–Crippen MR) is 84.5 cm³/mol. The van der Waals surface area contributed by atoms with Crippen molar-refractivity contribution in [3.63, 3.8) is 0 Å². The Labute approximate surface area is 133 Å². The van der Waals surface area contributed by atoms with E-state index in [0.29, 0.717) is 18.0 Å². The first-order chi connectivity index (χ1) is 10.00. The van der Waals surface area contributed by atoms with E-state index in [0.717, 1.165) is 35.7 Å². The van der Waals surface area contributed by atoms with E-state index in [1.807, 2.05) is 12.1 Å². The van der Waals surface area contributed by atoms with Crippen LogP contribution in [0.5, 0.6) is 11.5 Å². The number of carbonyl (C=O) groups excluding carboxylic acids is 1. The molecule has 1 aliphatic carbocycles. The lowest BCUT2D eigenvalue weighted by Gasteiger charge is -2.22. The highest BCUT2D eigenvalue weighted by Crippen LogP contribution is 2.33. The monoisotopic (exact) mass is 356 g/mol. The van der Waals surface area contributed by atoms with Gasteiger partial charge in [-0.15, -0.1) is 0 Å². The second kappa shape index (κ2) is 6.66. The lowest BCUT2D eigenvalue weighted by molar-refractivity contribution is -0.126. The number of methoxy groups -OCH3 is 2.